The summed E-state index contributed by atoms with van der Waals surface area (Å²) in [6, 6.07) is 10.0. The van der Waals surface area contributed by atoms with Gasteiger partial charge in [-0.3, -0.25) is 4.79 Å². The number of carbonyl (C=O) groups excluding carboxylic acids is 1. The van der Waals surface area contributed by atoms with Crippen molar-refractivity contribution in [2.45, 2.75) is 18.9 Å². The van der Waals surface area contributed by atoms with Crippen LogP contribution < -0.4 is 4.74 Å². The summed E-state index contributed by atoms with van der Waals surface area (Å²) in [6.07, 6.45) is 2.87. The van der Waals surface area contributed by atoms with Crippen molar-refractivity contribution in [1.29, 1.82) is 0 Å². The van der Waals surface area contributed by atoms with E-state index >= 15 is 0 Å². The number of rotatable bonds is 4. The van der Waals surface area contributed by atoms with E-state index in [0.29, 0.717) is 30.8 Å². The number of pyridine rings is 1. The van der Waals surface area contributed by atoms with Crippen LogP contribution in [0.2, 0.25) is 0 Å². The molecule has 1 aromatic carbocycles. The Morgan fingerprint density at radius 3 is 2.67 bits per heavy atom. The quantitative estimate of drug-likeness (QED) is 0.933. The molecule has 0 saturated carbocycles. The lowest BCUT2D eigenvalue weighted by atomic mass is 10.0. The number of methoxy groups -OCH3 is 1. The minimum absolute atomic E-state index is 0.246. The van der Waals surface area contributed by atoms with Gasteiger partial charge < -0.3 is 14.7 Å². The third kappa shape index (κ3) is 2.95. The second-order valence-corrected chi connectivity index (χ2v) is 5.63. The molecule has 1 saturated heterocycles. The first-order valence-electron chi connectivity index (χ1n) is 7.75. The fourth-order valence-electron chi connectivity index (χ4n) is 3.00. The third-order valence-electron chi connectivity index (χ3n) is 4.21. The summed E-state index contributed by atoms with van der Waals surface area (Å²) in [5.74, 6) is -0.677. The van der Waals surface area contributed by atoms with Crippen LogP contribution in [0.15, 0.2) is 42.6 Å². The number of hydrogen-bond acceptors (Lipinski definition) is 4. The molecule has 0 spiro atoms. The number of hydrogen-bond donors (Lipinski definition) is 1. The topological polar surface area (TPSA) is 79.7 Å². The molecular formula is C18H18N2O4. The third-order valence-corrected chi connectivity index (χ3v) is 4.21. The van der Waals surface area contributed by atoms with E-state index in [2.05, 4.69) is 4.98 Å². The smallest absolute Gasteiger partial charge is 0.326 e. The molecule has 2 aromatic rings. The highest BCUT2D eigenvalue weighted by Crippen LogP contribution is 2.28. The van der Waals surface area contributed by atoms with E-state index < -0.39 is 12.0 Å². The number of nitrogens with zero attached hydrogens (tertiary/aromatic N) is 2. The fraction of sp³-hybridized carbons (Fsp3) is 0.278. The summed E-state index contributed by atoms with van der Waals surface area (Å²) < 4.78 is 5.25. The van der Waals surface area contributed by atoms with Gasteiger partial charge >= 0.3 is 5.97 Å². The molecule has 1 atom stereocenters. The molecule has 6 nitrogen and oxygen atoms in total. The van der Waals surface area contributed by atoms with Gasteiger partial charge in [-0.25, -0.2) is 9.78 Å². The Balaban J connectivity index is 1.84. The number of carboxylic acid groups (broad SMARTS) is 1. The molecule has 1 amide bonds. The van der Waals surface area contributed by atoms with Gasteiger partial charge in [0.25, 0.3) is 5.91 Å². The SMILES string of the molecule is COc1ncccc1-c1ccc(C(=O)N2CCCC2C(=O)O)cc1. The van der Waals surface area contributed by atoms with Crippen LogP contribution in [0.25, 0.3) is 11.1 Å². The average molecular weight is 326 g/mol. The summed E-state index contributed by atoms with van der Waals surface area (Å²) in [5, 5.41) is 9.22. The van der Waals surface area contributed by atoms with Gasteiger partial charge in [-0.1, -0.05) is 12.1 Å². The Kier molecular flexibility index (Phi) is 4.46. The van der Waals surface area contributed by atoms with Crippen LogP contribution >= 0.6 is 0 Å². The van der Waals surface area contributed by atoms with E-state index in [4.69, 9.17) is 4.74 Å². The second-order valence-electron chi connectivity index (χ2n) is 5.63. The normalized spacial score (nSPS) is 16.9. The first kappa shape index (κ1) is 16.0. The second kappa shape index (κ2) is 6.70. The number of benzene rings is 1. The maximum absolute atomic E-state index is 12.6. The number of likely N-dealkylation sites (tertiary alicyclic amines) is 1. The first-order valence-corrected chi connectivity index (χ1v) is 7.75. The predicted octanol–water partition coefficient (Wildman–Crippen LogP) is 2.45. The Bertz CT molecular complexity index is 758. The number of carboxylic acids is 1. The van der Waals surface area contributed by atoms with Crippen LogP contribution in [-0.4, -0.2) is 46.6 Å². The van der Waals surface area contributed by atoms with E-state index in [0.717, 1.165) is 11.1 Å². The highest BCUT2D eigenvalue weighted by atomic mass is 16.5. The van der Waals surface area contributed by atoms with Crippen LogP contribution in [0.5, 0.6) is 5.88 Å². The molecule has 3 rings (SSSR count). The molecule has 124 valence electrons. The van der Waals surface area contributed by atoms with Crippen molar-refractivity contribution in [3.63, 3.8) is 0 Å². The van der Waals surface area contributed by atoms with Crippen LogP contribution in [0, 0.1) is 0 Å². The van der Waals surface area contributed by atoms with Gasteiger partial charge in [-0.05, 0) is 42.7 Å². The largest absolute Gasteiger partial charge is 0.481 e. The molecule has 0 radical (unpaired) electrons. The minimum atomic E-state index is -0.947. The Morgan fingerprint density at radius 2 is 2.00 bits per heavy atom. The highest BCUT2D eigenvalue weighted by Gasteiger charge is 2.34. The zero-order valence-corrected chi connectivity index (χ0v) is 13.3. The molecule has 2 heterocycles. The molecule has 1 N–H and O–H groups in total. The minimum Gasteiger partial charge on any atom is -0.481 e. The molecule has 24 heavy (non-hydrogen) atoms. The van der Waals surface area contributed by atoms with Crippen LogP contribution in [0.1, 0.15) is 23.2 Å². The Hall–Kier alpha value is -2.89. The van der Waals surface area contributed by atoms with Crippen LogP contribution in [-0.2, 0) is 4.79 Å². The Morgan fingerprint density at radius 1 is 1.25 bits per heavy atom. The number of amides is 1. The summed E-state index contributed by atoms with van der Waals surface area (Å²) in [6.45, 7) is 0.480. The zero-order chi connectivity index (χ0) is 17.1. The van der Waals surface area contributed by atoms with Crippen molar-refractivity contribution in [3.8, 4) is 17.0 Å². The van der Waals surface area contributed by atoms with Gasteiger partial charge in [-0.15, -0.1) is 0 Å². The van der Waals surface area contributed by atoms with Crippen molar-refractivity contribution in [2.75, 3.05) is 13.7 Å². The summed E-state index contributed by atoms with van der Waals surface area (Å²) >= 11 is 0. The van der Waals surface area contributed by atoms with Crippen LogP contribution in [0.3, 0.4) is 0 Å². The summed E-state index contributed by atoms with van der Waals surface area (Å²) in [5.41, 5.74) is 2.20. The van der Waals surface area contributed by atoms with Crippen molar-refractivity contribution >= 4 is 11.9 Å². The molecule has 0 aliphatic carbocycles. The van der Waals surface area contributed by atoms with E-state index in [1.54, 1.807) is 25.4 Å². The molecule has 1 unspecified atom stereocenters. The van der Waals surface area contributed by atoms with Crippen molar-refractivity contribution in [1.82, 2.24) is 9.88 Å². The lowest BCUT2D eigenvalue weighted by Crippen LogP contribution is -2.40. The van der Waals surface area contributed by atoms with E-state index in [9.17, 15) is 14.7 Å². The maximum Gasteiger partial charge on any atom is 0.326 e. The molecule has 6 heteroatoms. The van der Waals surface area contributed by atoms with Crippen molar-refractivity contribution < 1.29 is 19.4 Å². The fourth-order valence-corrected chi connectivity index (χ4v) is 3.00. The lowest BCUT2D eigenvalue weighted by Gasteiger charge is -2.21. The van der Waals surface area contributed by atoms with E-state index in [1.165, 1.54) is 4.90 Å². The van der Waals surface area contributed by atoms with Crippen molar-refractivity contribution in [3.05, 3.63) is 48.2 Å². The average Bonchev–Trinajstić information content (AvgIpc) is 3.11. The molecule has 1 fully saturated rings. The van der Waals surface area contributed by atoms with Gasteiger partial charge in [0, 0.05) is 23.9 Å². The van der Waals surface area contributed by atoms with E-state index in [1.807, 2.05) is 24.3 Å². The monoisotopic (exact) mass is 326 g/mol. The van der Waals surface area contributed by atoms with Crippen LogP contribution in [0.4, 0.5) is 0 Å². The van der Waals surface area contributed by atoms with Gasteiger partial charge in [0.1, 0.15) is 6.04 Å². The number of aliphatic carboxylic acids is 1. The van der Waals surface area contributed by atoms with Gasteiger partial charge in [0.15, 0.2) is 0 Å². The Labute approximate surface area is 139 Å². The summed E-state index contributed by atoms with van der Waals surface area (Å²) in [4.78, 5) is 29.4. The maximum atomic E-state index is 12.6. The molecule has 1 aromatic heterocycles. The van der Waals surface area contributed by atoms with Gasteiger partial charge in [0.05, 0.1) is 7.11 Å². The van der Waals surface area contributed by atoms with Crippen molar-refractivity contribution in [2.24, 2.45) is 0 Å². The highest BCUT2D eigenvalue weighted by molar-refractivity contribution is 5.97. The number of carbonyl (C=O) groups is 2. The lowest BCUT2D eigenvalue weighted by molar-refractivity contribution is -0.141. The molecule has 1 aliphatic rings. The van der Waals surface area contributed by atoms with Gasteiger partial charge in [0.2, 0.25) is 5.88 Å². The molecule has 0 bridgehead atoms. The predicted molar refractivity (Wildman–Crippen MR) is 87.9 cm³/mol. The first-order chi connectivity index (χ1) is 11.6. The van der Waals surface area contributed by atoms with Gasteiger partial charge in [-0.2, -0.15) is 0 Å². The van der Waals surface area contributed by atoms with E-state index in [-0.39, 0.29) is 5.91 Å². The molecular weight excluding hydrogens is 308 g/mol. The standard InChI is InChI=1S/C18H18N2O4/c1-24-16-14(4-2-10-19-16)12-6-8-13(9-7-12)17(21)20-11-3-5-15(20)18(22)23/h2,4,6-10,15H,3,5,11H2,1H3,(H,22,23). The zero-order valence-electron chi connectivity index (χ0n) is 13.3. The number of aromatic nitrogens is 1. The summed E-state index contributed by atoms with van der Waals surface area (Å²) in [7, 11) is 1.56. The molecule has 1 aliphatic heterocycles. The number of ether oxygens (including phenoxy) is 1.